The zero-order valence-corrected chi connectivity index (χ0v) is 12.8. The maximum atomic E-state index is 13.3. The van der Waals surface area contributed by atoms with E-state index in [1.165, 1.54) is 6.07 Å². The van der Waals surface area contributed by atoms with Gasteiger partial charge in [-0.05, 0) is 53.0 Å². The lowest BCUT2D eigenvalue weighted by molar-refractivity contribution is -0.125. The van der Waals surface area contributed by atoms with Gasteiger partial charge in [0.05, 0.1) is 10.4 Å². The van der Waals surface area contributed by atoms with Crippen LogP contribution in [0.2, 0.25) is 0 Å². The first-order valence-corrected chi connectivity index (χ1v) is 6.88. The number of hydrogen-bond acceptors (Lipinski definition) is 2. The predicted molar refractivity (Wildman–Crippen MR) is 78.8 cm³/mol. The maximum absolute atomic E-state index is 13.3. The van der Waals surface area contributed by atoms with Gasteiger partial charge in [-0.3, -0.25) is 4.79 Å². The quantitative estimate of drug-likeness (QED) is 0.879. The molecule has 6 heteroatoms. The number of carbonyl (C=O) groups excluding carboxylic acids is 1. The Labute approximate surface area is 126 Å². The maximum Gasteiger partial charge on any atom is 0.224 e. The summed E-state index contributed by atoms with van der Waals surface area (Å²) in [6, 6.07) is 4.88. The summed E-state index contributed by atoms with van der Waals surface area (Å²) >= 11 is 3.10. The molecular formula is C13H17BrClFN2O. The topological polar surface area (TPSA) is 41.1 Å². The first-order valence-electron chi connectivity index (χ1n) is 6.09. The minimum Gasteiger partial charge on any atom is -0.352 e. The molecule has 0 aliphatic carbocycles. The average Bonchev–Trinajstić information content (AvgIpc) is 2.41. The van der Waals surface area contributed by atoms with E-state index in [-0.39, 0.29) is 30.0 Å². The van der Waals surface area contributed by atoms with Crippen molar-refractivity contribution in [3.05, 3.63) is 34.1 Å². The molecule has 1 atom stereocenters. The zero-order valence-electron chi connectivity index (χ0n) is 10.4. The number of rotatable bonds is 3. The zero-order chi connectivity index (χ0) is 13.0. The van der Waals surface area contributed by atoms with E-state index < -0.39 is 0 Å². The Kier molecular flexibility index (Phi) is 6.75. The van der Waals surface area contributed by atoms with Gasteiger partial charge in [-0.2, -0.15) is 0 Å². The first-order chi connectivity index (χ1) is 8.66. The van der Waals surface area contributed by atoms with Crippen molar-refractivity contribution in [1.29, 1.82) is 0 Å². The predicted octanol–water partition coefficient (Wildman–Crippen LogP) is 2.63. The summed E-state index contributed by atoms with van der Waals surface area (Å²) in [5.41, 5.74) is 0.771. The van der Waals surface area contributed by atoms with Crippen molar-refractivity contribution < 1.29 is 9.18 Å². The van der Waals surface area contributed by atoms with Crippen molar-refractivity contribution in [1.82, 2.24) is 10.6 Å². The Morgan fingerprint density at radius 3 is 2.95 bits per heavy atom. The van der Waals surface area contributed by atoms with E-state index in [2.05, 4.69) is 26.6 Å². The summed E-state index contributed by atoms with van der Waals surface area (Å²) in [7, 11) is 0. The van der Waals surface area contributed by atoms with Gasteiger partial charge in [0.2, 0.25) is 5.91 Å². The Balaban J connectivity index is 0.00000180. The van der Waals surface area contributed by atoms with Crippen molar-refractivity contribution in [2.24, 2.45) is 5.92 Å². The van der Waals surface area contributed by atoms with Crippen molar-refractivity contribution in [3.63, 3.8) is 0 Å². The minimum atomic E-state index is -0.305. The molecule has 1 aliphatic rings. The number of benzene rings is 1. The highest BCUT2D eigenvalue weighted by Gasteiger charge is 2.20. The number of piperidine rings is 1. The number of nitrogens with one attached hydrogen (secondary N) is 2. The highest BCUT2D eigenvalue weighted by Crippen LogP contribution is 2.16. The second-order valence-corrected chi connectivity index (χ2v) is 5.36. The fourth-order valence-corrected chi connectivity index (χ4v) is 2.31. The second-order valence-electron chi connectivity index (χ2n) is 4.51. The molecule has 106 valence electrons. The van der Waals surface area contributed by atoms with Crippen molar-refractivity contribution >= 4 is 34.2 Å². The summed E-state index contributed by atoms with van der Waals surface area (Å²) in [6.45, 7) is 2.10. The van der Waals surface area contributed by atoms with Crippen LogP contribution in [0.15, 0.2) is 22.7 Å². The van der Waals surface area contributed by atoms with Crippen LogP contribution in [-0.4, -0.2) is 19.0 Å². The molecular weight excluding hydrogens is 335 g/mol. The minimum absolute atomic E-state index is 0. The molecule has 0 saturated carbocycles. The van der Waals surface area contributed by atoms with Gasteiger partial charge < -0.3 is 10.6 Å². The van der Waals surface area contributed by atoms with Crippen LogP contribution in [0.1, 0.15) is 18.4 Å². The van der Waals surface area contributed by atoms with E-state index in [9.17, 15) is 9.18 Å². The third-order valence-corrected chi connectivity index (χ3v) is 3.76. The van der Waals surface area contributed by atoms with Crippen LogP contribution in [0.5, 0.6) is 0 Å². The Bertz CT molecular complexity index is 439. The molecule has 19 heavy (non-hydrogen) atoms. The average molecular weight is 352 g/mol. The molecule has 2 N–H and O–H groups in total. The molecule has 1 fully saturated rings. The van der Waals surface area contributed by atoms with E-state index >= 15 is 0 Å². The molecule has 0 bridgehead atoms. The molecule has 1 aromatic rings. The van der Waals surface area contributed by atoms with Crippen molar-refractivity contribution in [2.45, 2.75) is 19.4 Å². The van der Waals surface area contributed by atoms with E-state index in [1.54, 1.807) is 12.1 Å². The number of halogens is 3. The van der Waals surface area contributed by atoms with Gasteiger partial charge in [0, 0.05) is 13.1 Å². The summed E-state index contributed by atoms with van der Waals surface area (Å²) in [6.07, 6.45) is 1.96. The Morgan fingerprint density at radius 2 is 2.32 bits per heavy atom. The lowest BCUT2D eigenvalue weighted by Gasteiger charge is -2.21. The van der Waals surface area contributed by atoms with Crippen LogP contribution in [0.4, 0.5) is 4.39 Å². The number of amides is 1. The second kappa shape index (κ2) is 7.82. The van der Waals surface area contributed by atoms with Crippen molar-refractivity contribution in [2.75, 3.05) is 13.1 Å². The van der Waals surface area contributed by atoms with Crippen LogP contribution in [0.3, 0.4) is 0 Å². The van der Waals surface area contributed by atoms with Gasteiger partial charge >= 0.3 is 0 Å². The van der Waals surface area contributed by atoms with Gasteiger partial charge in [-0.1, -0.05) is 6.07 Å². The molecule has 2 rings (SSSR count). The van der Waals surface area contributed by atoms with E-state index in [0.717, 1.165) is 31.5 Å². The summed E-state index contributed by atoms with van der Waals surface area (Å²) in [5.74, 6) is -0.217. The van der Waals surface area contributed by atoms with Crippen LogP contribution in [-0.2, 0) is 11.3 Å². The molecule has 1 heterocycles. The molecule has 1 aromatic carbocycles. The van der Waals surface area contributed by atoms with Gasteiger partial charge in [0.1, 0.15) is 5.82 Å². The molecule has 1 aliphatic heterocycles. The Morgan fingerprint density at radius 1 is 1.53 bits per heavy atom. The van der Waals surface area contributed by atoms with Gasteiger partial charge in [-0.15, -0.1) is 12.4 Å². The number of hydrogen-bond donors (Lipinski definition) is 2. The van der Waals surface area contributed by atoms with Crippen molar-refractivity contribution in [3.8, 4) is 0 Å². The molecule has 1 unspecified atom stereocenters. The summed E-state index contributed by atoms with van der Waals surface area (Å²) in [5, 5.41) is 6.06. The van der Waals surface area contributed by atoms with Crippen LogP contribution >= 0.6 is 28.3 Å². The SMILES string of the molecule is Cl.O=C(NCc1ccc(Br)c(F)c1)C1CCCNC1. The van der Waals surface area contributed by atoms with E-state index in [0.29, 0.717) is 11.0 Å². The number of carbonyl (C=O) groups is 1. The highest BCUT2D eigenvalue weighted by molar-refractivity contribution is 9.10. The standard InChI is InChI=1S/C13H16BrFN2O.ClH/c14-11-4-3-9(6-12(11)15)7-17-13(18)10-2-1-5-16-8-10;/h3-4,6,10,16H,1-2,5,7-8H2,(H,17,18);1H. The van der Waals surface area contributed by atoms with Crippen LogP contribution < -0.4 is 10.6 Å². The monoisotopic (exact) mass is 350 g/mol. The largest absolute Gasteiger partial charge is 0.352 e. The Hall–Kier alpha value is -0.650. The highest BCUT2D eigenvalue weighted by atomic mass is 79.9. The molecule has 0 spiro atoms. The van der Waals surface area contributed by atoms with Gasteiger partial charge in [-0.25, -0.2) is 4.39 Å². The summed E-state index contributed by atoms with van der Waals surface area (Å²) < 4.78 is 13.7. The van der Waals surface area contributed by atoms with Crippen LogP contribution in [0.25, 0.3) is 0 Å². The van der Waals surface area contributed by atoms with E-state index in [4.69, 9.17) is 0 Å². The summed E-state index contributed by atoms with van der Waals surface area (Å²) in [4.78, 5) is 11.9. The molecule has 1 saturated heterocycles. The fourth-order valence-electron chi connectivity index (χ4n) is 2.06. The molecule has 1 amide bonds. The molecule has 0 aromatic heterocycles. The third-order valence-electron chi connectivity index (χ3n) is 3.12. The lowest BCUT2D eigenvalue weighted by Crippen LogP contribution is -2.40. The normalized spacial score (nSPS) is 18.5. The van der Waals surface area contributed by atoms with Gasteiger partial charge in [0.15, 0.2) is 0 Å². The van der Waals surface area contributed by atoms with Gasteiger partial charge in [0.25, 0.3) is 0 Å². The van der Waals surface area contributed by atoms with E-state index in [1.807, 2.05) is 0 Å². The first kappa shape index (κ1) is 16.4. The van der Waals surface area contributed by atoms with Crippen LogP contribution in [0, 0.1) is 11.7 Å². The molecule has 3 nitrogen and oxygen atoms in total. The third kappa shape index (κ3) is 4.75. The fraction of sp³-hybridized carbons (Fsp3) is 0.462. The molecule has 0 radical (unpaired) electrons. The smallest absolute Gasteiger partial charge is 0.224 e. The lowest BCUT2D eigenvalue weighted by atomic mass is 9.99.